The van der Waals surface area contributed by atoms with Gasteiger partial charge >= 0.3 is 0 Å². The largest absolute Gasteiger partial charge is 0.354 e. The fraction of sp³-hybridized carbons (Fsp3) is 0.938. The lowest BCUT2D eigenvalue weighted by molar-refractivity contribution is -0.123. The molecule has 2 aliphatic carbocycles. The third-order valence-electron chi connectivity index (χ3n) is 5.45. The Morgan fingerprint density at radius 3 is 2.47 bits per heavy atom. The molecule has 0 aliphatic heterocycles. The highest BCUT2D eigenvalue weighted by atomic mass is 16.2. The molecule has 19 heavy (non-hydrogen) atoms. The number of nitrogens with two attached hydrogens (primary N) is 1. The van der Waals surface area contributed by atoms with Gasteiger partial charge in [-0.2, -0.15) is 0 Å². The third-order valence-corrected chi connectivity index (χ3v) is 5.45. The zero-order valence-corrected chi connectivity index (χ0v) is 12.4. The fourth-order valence-corrected chi connectivity index (χ4v) is 3.63. The highest BCUT2D eigenvalue weighted by Crippen LogP contribution is 2.43. The van der Waals surface area contributed by atoms with Crippen LogP contribution in [0.4, 0.5) is 0 Å². The molecule has 0 aromatic rings. The summed E-state index contributed by atoms with van der Waals surface area (Å²) in [6.07, 6.45) is 12.4. The van der Waals surface area contributed by atoms with Crippen molar-refractivity contribution in [3.63, 3.8) is 0 Å². The molecule has 0 bridgehead atoms. The molecule has 3 N–H and O–H groups in total. The molecule has 1 atom stereocenters. The van der Waals surface area contributed by atoms with Crippen LogP contribution in [-0.2, 0) is 4.79 Å². The number of rotatable bonds is 6. The van der Waals surface area contributed by atoms with Gasteiger partial charge < -0.3 is 11.1 Å². The molecule has 110 valence electrons. The van der Waals surface area contributed by atoms with E-state index >= 15 is 0 Å². The van der Waals surface area contributed by atoms with E-state index in [1.54, 1.807) is 0 Å². The van der Waals surface area contributed by atoms with Gasteiger partial charge in [0.25, 0.3) is 0 Å². The molecule has 0 heterocycles. The van der Waals surface area contributed by atoms with Crippen molar-refractivity contribution in [2.75, 3.05) is 6.54 Å². The van der Waals surface area contributed by atoms with E-state index in [0.717, 1.165) is 13.0 Å². The first-order valence-corrected chi connectivity index (χ1v) is 8.18. The van der Waals surface area contributed by atoms with Gasteiger partial charge in [-0.15, -0.1) is 0 Å². The van der Waals surface area contributed by atoms with E-state index in [0.29, 0.717) is 11.3 Å². The fourth-order valence-electron chi connectivity index (χ4n) is 3.63. The molecule has 1 amide bonds. The van der Waals surface area contributed by atoms with E-state index < -0.39 is 0 Å². The van der Waals surface area contributed by atoms with Crippen LogP contribution in [0.25, 0.3) is 0 Å². The Hall–Kier alpha value is -0.570. The second-order valence-corrected chi connectivity index (χ2v) is 6.77. The van der Waals surface area contributed by atoms with E-state index in [1.807, 2.05) is 0 Å². The molecule has 0 spiro atoms. The molecular formula is C16H30N2O. The summed E-state index contributed by atoms with van der Waals surface area (Å²) in [5.74, 6) is 0.753. The number of nitrogens with one attached hydrogen (secondary N) is 1. The first kappa shape index (κ1) is 14.8. The Kier molecular flexibility index (Phi) is 5.26. The van der Waals surface area contributed by atoms with E-state index in [-0.39, 0.29) is 11.9 Å². The maximum Gasteiger partial charge on any atom is 0.236 e. The van der Waals surface area contributed by atoms with Crippen molar-refractivity contribution in [3.8, 4) is 0 Å². The van der Waals surface area contributed by atoms with E-state index in [2.05, 4.69) is 12.2 Å². The molecule has 3 nitrogen and oxygen atoms in total. The molecule has 0 aromatic carbocycles. The van der Waals surface area contributed by atoms with Gasteiger partial charge in [-0.3, -0.25) is 4.79 Å². The molecule has 0 saturated heterocycles. The van der Waals surface area contributed by atoms with Gasteiger partial charge in [0, 0.05) is 6.54 Å². The van der Waals surface area contributed by atoms with E-state index in [4.69, 9.17) is 5.73 Å². The summed E-state index contributed by atoms with van der Waals surface area (Å²) in [4.78, 5) is 12.1. The normalized spacial score (nSPS) is 24.5. The van der Waals surface area contributed by atoms with Crippen LogP contribution in [0.5, 0.6) is 0 Å². The molecule has 0 aromatic heterocycles. The van der Waals surface area contributed by atoms with Gasteiger partial charge in [-0.1, -0.05) is 45.4 Å². The van der Waals surface area contributed by atoms with Crippen molar-refractivity contribution in [3.05, 3.63) is 0 Å². The zero-order valence-electron chi connectivity index (χ0n) is 12.4. The summed E-state index contributed by atoms with van der Waals surface area (Å²) in [5, 5.41) is 3.10. The second kappa shape index (κ2) is 6.74. The Balaban J connectivity index is 1.69. The quantitative estimate of drug-likeness (QED) is 0.776. The number of carbonyl (C=O) groups excluding carboxylic acids is 1. The first-order valence-electron chi connectivity index (χ1n) is 8.18. The smallest absolute Gasteiger partial charge is 0.236 e. The third kappa shape index (κ3) is 3.95. The van der Waals surface area contributed by atoms with Gasteiger partial charge in [-0.25, -0.2) is 0 Å². The number of carbonyl (C=O) groups is 1. The molecule has 1 unspecified atom stereocenters. The Morgan fingerprint density at radius 2 is 1.95 bits per heavy atom. The van der Waals surface area contributed by atoms with E-state index in [9.17, 15) is 4.79 Å². The Labute approximate surface area is 117 Å². The number of hydrogen-bond acceptors (Lipinski definition) is 2. The van der Waals surface area contributed by atoms with Crippen LogP contribution >= 0.6 is 0 Å². The molecule has 3 heteroatoms. The summed E-state index contributed by atoms with van der Waals surface area (Å²) in [5.41, 5.74) is 6.46. The second-order valence-electron chi connectivity index (χ2n) is 6.77. The van der Waals surface area contributed by atoms with Crippen LogP contribution in [0.1, 0.15) is 71.1 Å². The highest BCUT2D eigenvalue weighted by Gasteiger charge is 2.35. The first-order chi connectivity index (χ1) is 9.15. The van der Waals surface area contributed by atoms with Crippen LogP contribution in [0.15, 0.2) is 0 Å². The average Bonchev–Trinajstić information content (AvgIpc) is 2.39. The standard InChI is InChI=1S/C16H30N2O/c1-2-16(9-6-10-16)12-18-15(19)14(17)11-13-7-4-3-5-8-13/h13-14H,2-12,17H2,1H3,(H,18,19). The minimum absolute atomic E-state index is 0.0744. The zero-order chi connectivity index (χ0) is 13.7. The predicted octanol–water partition coefficient (Wildman–Crippen LogP) is 2.98. The van der Waals surface area contributed by atoms with Crippen LogP contribution in [0.3, 0.4) is 0 Å². The van der Waals surface area contributed by atoms with Gasteiger partial charge in [0.15, 0.2) is 0 Å². The molecule has 2 fully saturated rings. The molecule has 0 radical (unpaired) electrons. The van der Waals surface area contributed by atoms with Crippen molar-refractivity contribution in [2.45, 2.75) is 77.2 Å². The van der Waals surface area contributed by atoms with Gasteiger partial charge in [0.1, 0.15) is 0 Å². The minimum atomic E-state index is -0.294. The van der Waals surface area contributed by atoms with Gasteiger partial charge in [-0.05, 0) is 37.0 Å². The van der Waals surface area contributed by atoms with Gasteiger partial charge in [0.05, 0.1) is 6.04 Å². The topological polar surface area (TPSA) is 55.1 Å². The van der Waals surface area contributed by atoms with Crippen molar-refractivity contribution in [1.82, 2.24) is 5.32 Å². The Morgan fingerprint density at radius 1 is 1.26 bits per heavy atom. The lowest BCUT2D eigenvalue weighted by atomic mass is 9.67. The van der Waals surface area contributed by atoms with E-state index in [1.165, 1.54) is 57.8 Å². The summed E-state index contributed by atoms with van der Waals surface area (Å²) in [7, 11) is 0. The maximum absolute atomic E-state index is 12.1. The number of amides is 1. The summed E-state index contributed by atoms with van der Waals surface area (Å²) in [6.45, 7) is 3.06. The van der Waals surface area contributed by atoms with Crippen molar-refractivity contribution in [2.24, 2.45) is 17.1 Å². The van der Waals surface area contributed by atoms with Crippen LogP contribution in [0.2, 0.25) is 0 Å². The predicted molar refractivity (Wildman–Crippen MR) is 78.8 cm³/mol. The number of hydrogen-bond donors (Lipinski definition) is 2. The van der Waals surface area contributed by atoms with Crippen molar-refractivity contribution < 1.29 is 4.79 Å². The van der Waals surface area contributed by atoms with Crippen LogP contribution in [-0.4, -0.2) is 18.5 Å². The van der Waals surface area contributed by atoms with Crippen molar-refractivity contribution >= 4 is 5.91 Å². The average molecular weight is 266 g/mol. The maximum atomic E-state index is 12.1. The Bertz CT molecular complexity index is 288. The summed E-state index contributed by atoms with van der Waals surface area (Å²) >= 11 is 0. The SMILES string of the molecule is CCC1(CNC(=O)C(N)CC2CCCCC2)CCC1. The highest BCUT2D eigenvalue weighted by molar-refractivity contribution is 5.81. The van der Waals surface area contributed by atoms with Crippen LogP contribution in [0, 0.1) is 11.3 Å². The molecule has 2 rings (SSSR count). The van der Waals surface area contributed by atoms with Crippen molar-refractivity contribution in [1.29, 1.82) is 0 Å². The lowest BCUT2D eigenvalue weighted by Gasteiger charge is -2.41. The molecule has 2 aliphatic rings. The lowest BCUT2D eigenvalue weighted by Crippen LogP contribution is -2.48. The summed E-state index contributed by atoms with van der Waals surface area (Å²) in [6, 6.07) is -0.294. The summed E-state index contributed by atoms with van der Waals surface area (Å²) < 4.78 is 0. The minimum Gasteiger partial charge on any atom is -0.354 e. The molecular weight excluding hydrogens is 236 g/mol. The van der Waals surface area contributed by atoms with Crippen LogP contribution < -0.4 is 11.1 Å². The molecule has 2 saturated carbocycles. The monoisotopic (exact) mass is 266 g/mol. The van der Waals surface area contributed by atoms with Gasteiger partial charge in [0.2, 0.25) is 5.91 Å².